The molecule has 0 aromatic heterocycles. The maximum absolute atomic E-state index is 12.5. The van der Waals surface area contributed by atoms with E-state index in [4.69, 9.17) is 4.74 Å². The van der Waals surface area contributed by atoms with Crippen molar-refractivity contribution < 1.29 is 17.9 Å². The van der Waals surface area contributed by atoms with Gasteiger partial charge < -0.3 is 9.64 Å². The maximum atomic E-state index is 12.5. The highest BCUT2D eigenvalue weighted by Crippen LogP contribution is 2.18. The van der Waals surface area contributed by atoms with E-state index in [9.17, 15) is 13.2 Å². The molecule has 1 heterocycles. The Morgan fingerprint density at radius 1 is 1.33 bits per heavy atom. The number of benzene rings is 1. The molecule has 1 fully saturated rings. The standard InChI is InChI=1S/C17H24N2O4S/c1-23-16-9-6-14(7-10-16)8-11-17(20)19-12-4-3-5-15(19)13-18-24(2,21)22/h6-11,15,18H,3-5,12-13H2,1-2H3. The normalized spacial score (nSPS) is 18.8. The Labute approximate surface area is 143 Å². The topological polar surface area (TPSA) is 75.7 Å². The first-order valence-electron chi connectivity index (χ1n) is 7.96. The second-order valence-corrected chi connectivity index (χ2v) is 7.74. The van der Waals surface area contributed by atoms with Crippen molar-refractivity contribution in [1.82, 2.24) is 9.62 Å². The predicted octanol–water partition coefficient (Wildman–Crippen LogP) is 1.64. The van der Waals surface area contributed by atoms with E-state index in [0.717, 1.165) is 36.8 Å². The van der Waals surface area contributed by atoms with Gasteiger partial charge in [-0.1, -0.05) is 12.1 Å². The van der Waals surface area contributed by atoms with Crippen molar-refractivity contribution in [3.05, 3.63) is 35.9 Å². The highest BCUT2D eigenvalue weighted by atomic mass is 32.2. The molecule has 1 N–H and O–H groups in total. The molecule has 0 saturated carbocycles. The van der Waals surface area contributed by atoms with Gasteiger partial charge in [0.15, 0.2) is 0 Å². The maximum Gasteiger partial charge on any atom is 0.246 e. The minimum atomic E-state index is -3.25. The fraction of sp³-hybridized carbons (Fsp3) is 0.471. The van der Waals surface area contributed by atoms with Gasteiger partial charge in [0, 0.05) is 25.2 Å². The number of methoxy groups -OCH3 is 1. The van der Waals surface area contributed by atoms with Crippen molar-refractivity contribution in [3.8, 4) is 5.75 Å². The predicted molar refractivity (Wildman–Crippen MR) is 94.2 cm³/mol. The van der Waals surface area contributed by atoms with Crippen molar-refractivity contribution in [1.29, 1.82) is 0 Å². The van der Waals surface area contributed by atoms with Crippen molar-refractivity contribution in [2.24, 2.45) is 0 Å². The second kappa shape index (κ2) is 8.30. The summed E-state index contributed by atoms with van der Waals surface area (Å²) < 4.78 is 30.2. The van der Waals surface area contributed by atoms with Crippen LogP contribution in [0.1, 0.15) is 24.8 Å². The molecule has 24 heavy (non-hydrogen) atoms. The third-order valence-electron chi connectivity index (χ3n) is 4.03. The molecule has 0 radical (unpaired) electrons. The van der Waals surface area contributed by atoms with Crippen LogP contribution in [0.3, 0.4) is 0 Å². The number of nitrogens with zero attached hydrogens (tertiary/aromatic N) is 1. The van der Waals surface area contributed by atoms with Crippen LogP contribution in [0.15, 0.2) is 30.3 Å². The Bertz CT molecular complexity index is 683. The van der Waals surface area contributed by atoms with E-state index in [2.05, 4.69) is 4.72 Å². The quantitative estimate of drug-likeness (QED) is 0.790. The average molecular weight is 352 g/mol. The van der Waals surface area contributed by atoms with Gasteiger partial charge in [-0.05, 0) is 43.0 Å². The van der Waals surface area contributed by atoms with Crippen LogP contribution in [0, 0.1) is 0 Å². The van der Waals surface area contributed by atoms with Gasteiger partial charge in [0.2, 0.25) is 15.9 Å². The lowest BCUT2D eigenvalue weighted by molar-refractivity contribution is -0.129. The van der Waals surface area contributed by atoms with Gasteiger partial charge in [0.25, 0.3) is 0 Å². The highest BCUT2D eigenvalue weighted by Gasteiger charge is 2.25. The van der Waals surface area contributed by atoms with Gasteiger partial charge in [0.05, 0.1) is 13.4 Å². The summed E-state index contributed by atoms with van der Waals surface area (Å²) >= 11 is 0. The van der Waals surface area contributed by atoms with Crippen molar-refractivity contribution in [3.63, 3.8) is 0 Å². The SMILES string of the molecule is COc1ccc(C=CC(=O)N2CCCCC2CNS(C)(=O)=O)cc1. The minimum absolute atomic E-state index is 0.0918. The first kappa shape index (κ1) is 18.5. The van der Waals surface area contributed by atoms with E-state index in [1.165, 1.54) is 0 Å². The van der Waals surface area contributed by atoms with Crippen LogP contribution in [0.25, 0.3) is 6.08 Å². The van der Waals surface area contributed by atoms with Gasteiger partial charge in [-0.2, -0.15) is 0 Å². The first-order chi connectivity index (χ1) is 11.4. The molecule has 1 saturated heterocycles. The molecule has 1 atom stereocenters. The molecule has 2 rings (SSSR count). The van der Waals surface area contributed by atoms with E-state index < -0.39 is 10.0 Å². The van der Waals surface area contributed by atoms with Crippen LogP contribution in [0.2, 0.25) is 0 Å². The lowest BCUT2D eigenvalue weighted by Crippen LogP contribution is -2.48. The molecule has 0 spiro atoms. The summed E-state index contributed by atoms with van der Waals surface area (Å²) in [5.74, 6) is 0.673. The number of hydrogen-bond acceptors (Lipinski definition) is 4. The highest BCUT2D eigenvalue weighted by molar-refractivity contribution is 7.88. The third kappa shape index (κ3) is 5.65. The summed E-state index contributed by atoms with van der Waals surface area (Å²) in [4.78, 5) is 14.2. The number of amides is 1. The van der Waals surface area contributed by atoms with E-state index in [1.807, 2.05) is 24.3 Å². The van der Waals surface area contributed by atoms with Gasteiger partial charge in [-0.3, -0.25) is 4.79 Å². The second-order valence-electron chi connectivity index (χ2n) is 5.91. The largest absolute Gasteiger partial charge is 0.497 e. The lowest BCUT2D eigenvalue weighted by atomic mass is 10.0. The third-order valence-corrected chi connectivity index (χ3v) is 4.72. The number of carbonyl (C=O) groups is 1. The molecule has 1 aliphatic heterocycles. The van der Waals surface area contributed by atoms with Crippen molar-refractivity contribution in [2.45, 2.75) is 25.3 Å². The fourth-order valence-electron chi connectivity index (χ4n) is 2.73. The molecule has 0 aliphatic carbocycles. The van der Waals surface area contributed by atoms with E-state index >= 15 is 0 Å². The summed E-state index contributed by atoms with van der Waals surface area (Å²) in [6.45, 7) is 0.919. The number of piperidine rings is 1. The van der Waals surface area contributed by atoms with E-state index in [0.29, 0.717) is 6.54 Å². The molecule has 1 aliphatic rings. The van der Waals surface area contributed by atoms with Crippen LogP contribution in [0.4, 0.5) is 0 Å². The number of sulfonamides is 1. The number of hydrogen-bond donors (Lipinski definition) is 1. The van der Waals surface area contributed by atoms with Crippen molar-refractivity contribution in [2.75, 3.05) is 26.5 Å². The smallest absolute Gasteiger partial charge is 0.246 e. The van der Waals surface area contributed by atoms with Crippen LogP contribution in [-0.2, 0) is 14.8 Å². The molecule has 1 aromatic carbocycles. The van der Waals surface area contributed by atoms with Gasteiger partial charge in [0.1, 0.15) is 5.75 Å². The zero-order valence-corrected chi connectivity index (χ0v) is 14.9. The summed E-state index contributed by atoms with van der Waals surface area (Å²) in [5.41, 5.74) is 0.909. The Morgan fingerprint density at radius 3 is 2.67 bits per heavy atom. The van der Waals surface area contributed by atoms with Gasteiger partial charge in [-0.25, -0.2) is 13.1 Å². The monoisotopic (exact) mass is 352 g/mol. The Kier molecular flexibility index (Phi) is 6.39. The van der Waals surface area contributed by atoms with Gasteiger partial charge >= 0.3 is 0 Å². The van der Waals surface area contributed by atoms with Crippen LogP contribution in [0.5, 0.6) is 5.75 Å². The average Bonchev–Trinajstić information content (AvgIpc) is 2.58. The lowest BCUT2D eigenvalue weighted by Gasteiger charge is -2.35. The van der Waals surface area contributed by atoms with Crippen molar-refractivity contribution >= 4 is 22.0 Å². The summed E-state index contributed by atoms with van der Waals surface area (Å²) in [6.07, 6.45) is 7.19. The van der Waals surface area contributed by atoms with E-state index in [1.54, 1.807) is 24.2 Å². The first-order valence-corrected chi connectivity index (χ1v) is 9.85. The van der Waals surface area contributed by atoms with Crippen LogP contribution < -0.4 is 9.46 Å². The zero-order chi connectivity index (χ0) is 17.6. The van der Waals surface area contributed by atoms with Crippen LogP contribution in [-0.4, -0.2) is 51.7 Å². The molecule has 1 amide bonds. The molecular weight excluding hydrogens is 328 g/mol. The molecule has 1 aromatic rings. The minimum Gasteiger partial charge on any atom is -0.497 e. The summed E-state index contributed by atoms with van der Waals surface area (Å²) in [7, 11) is -1.65. The Morgan fingerprint density at radius 2 is 2.04 bits per heavy atom. The molecule has 6 nitrogen and oxygen atoms in total. The number of likely N-dealkylation sites (tertiary alicyclic amines) is 1. The zero-order valence-electron chi connectivity index (χ0n) is 14.1. The number of carbonyl (C=O) groups excluding carboxylic acids is 1. The Hall–Kier alpha value is -1.86. The molecule has 132 valence electrons. The van der Waals surface area contributed by atoms with Gasteiger partial charge in [-0.15, -0.1) is 0 Å². The number of nitrogens with one attached hydrogen (secondary N) is 1. The summed E-state index contributed by atoms with van der Waals surface area (Å²) in [5, 5.41) is 0. The fourth-order valence-corrected chi connectivity index (χ4v) is 3.22. The van der Waals surface area contributed by atoms with Crippen LogP contribution >= 0.6 is 0 Å². The molecule has 0 bridgehead atoms. The van der Waals surface area contributed by atoms with E-state index in [-0.39, 0.29) is 18.5 Å². The Balaban J connectivity index is 2.00. The number of rotatable bonds is 6. The number of ether oxygens (including phenoxy) is 1. The molecule has 7 heteroatoms. The molecular formula is C17H24N2O4S. The summed E-state index contributed by atoms with van der Waals surface area (Å²) in [6, 6.07) is 7.33. The molecule has 1 unspecified atom stereocenters.